The lowest BCUT2D eigenvalue weighted by atomic mass is 9.62. The maximum Gasteiger partial charge on any atom is 0.250 e. The summed E-state index contributed by atoms with van der Waals surface area (Å²) in [4.78, 5) is 25.9. The molecule has 4 aromatic rings. The van der Waals surface area contributed by atoms with Gasteiger partial charge in [0, 0.05) is 54.1 Å². The smallest absolute Gasteiger partial charge is 0.250 e. The van der Waals surface area contributed by atoms with Gasteiger partial charge in [-0.2, -0.15) is 4.98 Å². The summed E-state index contributed by atoms with van der Waals surface area (Å²) in [6.45, 7) is 7.94. The molecule has 40 heavy (non-hydrogen) atoms. The lowest BCUT2D eigenvalue weighted by Crippen LogP contribution is -2.63. The van der Waals surface area contributed by atoms with Crippen molar-refractivity contribution in [3.8, 4) is 11.4 Å². The van der Waals surface area contributed by atoms with Crippen LogP contribution in [0.2, 0.25) is 0 Å². The molecule has 0 spiro atoms. The van der Waals surface area contributed by atoms with E-state index in [0.717, 1.165) is 24.3 Å². The highest BCUT2D eigenvalue weighted by Crippen LogP contribution is 2.50. The number of hydrogen-bond acceptors (Lipinski definition) is 7. The van der Waals surface area contributed by atoms with Gasteiger partial charge in [-0.1, -0.05) is 68.4 Å². The molecular weight excluding hydrogens is 502 g/mol. The molecule has 2 saturated heterocycles. The molecule has 0 saturated carbocycles. The number of para-hydroxylation sites is 1. The molecular formula is C32H35N5O3. The minimum absolute atomic E-state index is 0.0341. The summed E-state index contributed by atoms with van der Waals surface area (Å²) >= 11 is 0. The number of aliphatic hydroxyl groups is 1. The fourth-order valence-electron chi connectivity index (χ4n) is 6.42. The Labute approximate surface area is 234 Å². The Morgan fingerprint density at radius 1 is 1.05 bits per heavy atom. The second kappa shape index (κ2) is 9.94. The Bertz CT molecular complexity index is 1510. The molecule has 8 nitrogen and oxygen atoms in total. The van der Waals surface area contributed by atoms with Gasteiger partial charge in [-0.3, -0.25) is 14.7 Å². The Kier molecular flexibility index (Phi) is 6.55. The summed E-state index contributed by atoms with van der Waals surface area (Å²) in [6, 6.07) is 19.4. The van der Waals surface area contributed by atoms with Gasteiger partial charge in [-0.25, -0.2) is 0 Å². The van der Waals surface area contributed by atoms with Crippen molar-refractivity contribution in [1.82, 2.24) is 20.0 Å². The van der Waals surface area contributed by atoms with Crippen LogP contribution in [0.15, 0.2) is 77.6 Å². The predicted molar refractivity (Wildman–Crippen MR) is 153 cm³/mol. The molecule has 2 aliphatic rings. The quantitative estimate of drug-likeness (QED) is 0.341. The van der Waals surface area contributed by atoms with Crippen LogP contribution >= 0.6 is 0 Å². The van der Waals surface area contributed by atoms with E-state index in [0.29, 0.717) is 41.6 Å². The number of anilines is 1. The molecule has 4 heterocycles. The van der Waals surface area contributed by atoms with Gasteiger partial charge in [0.05, 0.1) is 0 Å². The first-order chi connectivity index (χ1) is 19.2. The third-order valence-electron chi connectivity index (χ3n) is 8.49. The van der Waals surface area contributed by atoms with E-state index in [4.69, 9.17) is 9.51 Å². The first-order valence-corrected chi connectivity index (χ1v) is 13.9. The van der Waals surface area contributed by atoms with E-state index in [1.54, 1.807) is 17.3 Å². The number of hydrogen-bond donors (Lipinski definition) is 1. The number of amides is 1. The SMILES string of the molecule is CC(C)c1ccc(C(O)(c2cncc(-c3noc(C4CCC(=O)N4c4ccccc4)n3)c2)C2(C)CN(C)C2)cc1. The second-order valence-corrected chi connectivity index (χ2v) is 11.8. The highest BCUT2D eigenvalue weighted by atomic mass is 16.5. The lowest BCUT2D eigenvalue weighted by molar-refractivity contribution is -0.127. The van der Waals surface area contributed by atoms with Gasteiger partial charge >= 0.3 is 0 Å². The van der Waals surface area contributed by atoms with Gasteiger partial charge in [0.25, 0.3) is 0 Å². The zero-order chi connectivity index (χ0) is 28.1. The number of rotatable bonds is 7. The topological polar surface area (TPSA) is 95.6 Å². The van der Waals surface area contributed by atoms with Crippen LogP contribution in [0.4, 0.5) is 5.69 Å². The van der Waals surface area contributed by atoms with E-state index in [1.165, 1.54) is 5.56 Å². The van der Waals surface area contributed by atoms with E-state index in [1.807, 2.05) is 48.5 Å². The fraction of sp³-hybridized carbons (Fsp3) is 0.375. The highest BCUT2D eigenvalue weighted by Gasteiger charge is 2.55. The van der Waals surface area contributed by atoms with Crippen molar-refractivity contribution in [2.45, 2.75) is 51.2 Å². The maximum absolute atomic E-state index is 12.7. The van der Waals surface area contributed by atoms with E-state index in [2.05, 4.69) is 55.0 Å². The normalized spacial score (nSPS) is 20.5. The molecule has 6 rings (SSSR count). The molecule has 0 radical (unpaired) electrons. The Balaban J connectivity index is 1.36. The average Bonchev–Trinajstić information content (AvgIpc) is 3.59. The number of nitrogens with zero attached hydrogens (tertiary/aromatic N) is 5. The zero-order valence-corrected chi connectivity index (χ0v) is 23.4. The van der Waals surface area contributed by atoms with Crippen molar-refractivity contribution in [1.29, 1.82) is 0 Å². The average molecular weight is 538 g/mol. The number of likely N-dealkylation sites (tertiary alicyclic amines) is 1. The Hall–Kier alpha value is -3.88. The molecule has 2 aliphatic heterocycles. The molecule has 8 heteroatoms. The lowest BCUT2D eigenvalue weighted by Gasteiger charge is -2.55. The van der Waals surface area contributed by atoms with Crippen LogP contribution in [0, 0.1) is 5.41 Å². The molecule has 2 fully saturated rings. The van der Waals surface area contributed by atoms with Crippen LogP contribution in [0.1, 0.15) is 68.2 Å². The molecule has 1 N–H and O–H groups in total. The summed E-state index contributed by atoms with van der Waals surface area (Å²) in [5, 5.41) is 16.8. The van der Waals surface area contributed by atoms with Gasteiger partial charge in [0.1, 0.15) is 11.6 Å². The largest absolute Gasteiger partial charge is 0.380 e. The molecule has 206 valence electrons. The summed E-state index contributed by atoms with van der Waals surface area (Å²) in [5.41, 5.74) is 2.52. The number of carbonyl (C=O) groups excluding carboxylic acids is 1. The van der Waals surface area contributed by atoms with Gasteiger partial charge in [0.15, 0.2) is 0 Å². The molecule has 2 aromatic carbocycles. The Morgan fingerprint density at radius 3 is 2.45 bits per heavy atom. The van der Waals surface area contributed by atoms with Crippen LogP contribution < -0.4 is 4.90 Å². The van der Waals surface area contributed by atoms with Crippen LogP contribution in [0.25, 0.3) is 11.4 Å². The summed E-state index contributed by atoms with van der Waals surface area (Å²) in [6.07, 6.45) is 4.44. The van der Waals surface area contributed by atoms with Crippen molar-refractivity contribution in [2.24, 2.45) is 5.41 Å². The second-order valence-electron chi connectivity index (χ2n) is 11.8. The van der Waals surface area contributed by atoms with Crippen molar-refractivity contribution in [3.63, 3.8) is 0 Å². The van der Waals surface area contributed by atoms with E-state index in [-0.39, 0.29) is 11.9 Å². The molecule has 2 aromatic heterocycles. The van der Waals surface area contributed by atoms with Crippen LogP contribution in [-0.4, -0.2) is 51.2 Å². The van der Waals surface area contributed by atoms with Crippen molar-refractivity contribution < 1.29 is 14.4 Å². The van der Waals surface area contributed by atoms with Crippen LogP contribution in [0.3, 0.4) is 0 Å². The summed E-state index contributed by atoms with van der Waals surface area (Å²) in [7, 11) is 2.06. The Morgan fingerprint density at radius 2 is 1.77 bits per heavy atom. The maximum atomic E-state index is 12.7. The third kappa shape index (κ3) is 4.32. The molecule has 2 atom stereocenters. The predicted octanol–water partition coefficient (Wildman–Crippen LogP) is 5.31. The molecule has 0 aliphatic carbocycles. The highest BCUT2D eigenvalue weighted by molar-refractivity contribution is 5.96. The van der Waals surface area contributed by atoms with E-state index in [9.17, 15) is 9.90 Å². The van der Waals surface area contributed by atoms with Crippen molar-refractivity contribution in [2.75, 3.05) is 25.0 Å². The van der Waals surface area contributed by atoms with Gasteiger partial charge in [-0.15, -0.1) is 0 Å². The standard InChI is InChI=1S/C32H35N5O3/c1-21(2)22-10-12-24(13-11-22)32(39,31(3)19-36(4)20-31)25-16-23(17-33-18-25)29-34-30(40-35-29)27-14-15-28(38)37(27)26-8-6-5-7-9-26/h5-13,16-18,21,27,39H,14-15,19-20H2,1-4H3. The minimum atomic E-state index is -1.27. The first-order valence-electron chi connectivity index (χ1n) is 13.9. The van der Waals surface area contributed by atoms with Gasteiger partial charge in [0.2, 0.25) is 17.6 Å². The summed E-state index contributed by atoms with van der Waals surface area (Å²) < 4.78 is 5.71. The van der Waals surface area contributed by atoms with Crippen LogP contribution in [0.5, 0.6) is 0 Å². The van der Waals surface area contributed by atoms with Gasteiger partial charge < -0.3 is 14.5 Å². The monoisotopic (exact) mass is 537 g/mol. The minimum Gasteiger partial charge on any atom is -0.380 e. The molecule has 0 bridgehead atoms. The van der Waals surface area contributed by atoms with Crippen molar-refractivity contribution >= 4 is 11.6 Å². The third-order valence-corrected chi connectivity index (χ3v) is 8.49. The fourth-order valence-corrected chi connectivity index (χ4v) is 6.42. The molecule has 2 unspecified atom stereocenters. The molecule has 1 amide bonds. The van der Waals surface area contributed by atoms with Gasteiger partial charge in [-0.05, 0) is 48.7 Å². The number of benzene rings is 2. The van der Waals surface area contributed by atoms with Crippen LogP contribution in [-0.2, 0) is 10.4 Å². The number of carbonyl (C=O) groups is 1. The van der Waals surface area contributed by atoms with Crippen molar-refractivity contribution in [3.05, 3.63) is 95.6 Å². The summed E-state index contributed by atoms with van der Waals surface area (Å²) in [5.74, 6) is 1.21. The number of pyridine rings is 1. The van der Waals surface area contributed by atoms with E-state index < -0.39 is 11.0 Å². The first kappa shape index (κ1) is 26.3. The zero-order valence-electron chi connectivity index (χ0n) is 23.4. The van der Waals surface area contributed by atoms with E-state index >= 15 is 0 Å². The number of aromatic nitrogens is 3.